The molecule has 0 aliphatic heterocycles. The lowest BCUT2D eigenvalue weighted by Gasteiger charge is -2.52. The first kappa shape index (κ1) is 13.7. The van der Waals surface area contributed by atoms with Gasteiger partial charge in [0.2, 0.25) is 0 Å². The summed E-state index contributed by atoms with van der Waals surface area (Å²) < 4.78 is 0. The zero-order chi connectivity index (χ0) is 12.0. The van der Waals surface area contributed by atoms with Gasteiger partial charge in [-0.15, -0.1) is 0 Å². The third kappa shape index (κ3) is 3.64. The van der Waals surface area contributed by atoms with Gasteiger partial charge in [0.25, 0.3) is 0 Å². The van der Waals surface area contributed by atoms with Gasteiger partial charge < -0.3 is 5.32 Å². The molecule has 2 saturated carbocycles. The first-order valence-corrected chi connectivity index (χ1v) is 8.99. The van der Waals surface area contributed by atoms with Crippen molar-refractivity contribution in [2.45, 2.75) is 70.3 Å². The number of hydrogen-bond donors (Lipinski definition) is 1. The molecule has 1 atom stereocenters. The lowest BCUT2D eigenvalue weighted by Crippen LogP contribution is -2.54. The highest BCUT2D eigenvalue weighted by atomic mass is 32.2. The van der Waals surface area contributed by atoms with E-state index in [-0.39, 0.29) is 0 Å². The van der Waals surface area contributed by atoms with Crippen LogP contribution in [0.2, 0.25) is 0 Å². The zero-order valence-electron chi connectivity index (χ0n) is 11.5. The van der Waals surface area contributed by atoms with Crippen molar-refractivity contribution < 1.29 is 0 Å². The Balaban J connectivity index is 1.56. The van der Waals surface area contributed by atoms with Crippen molar-refractivity contribution in [3.05, 3.63) is 0 Å². The summed E-state index contributed by atoms with van der Waals surface area (Å²) >= 11 is 1.98. The van der Waals surface area contributed by atoms with Crippen LogP contribution in [0.1, 0.15) is 64.2 Å². The van der Waals surface area contributed by atoms with Crippen molar-refractivity contribution in [2.75, 3.05) is 18.6 Å². The molecule has 2 rings (SSSR count). The number of nitrogens with one attached hydrogen (secondary N) is 1. The molecule has 17 heavy (non-hydrogen) atoms. The van der Waals surface area contributed by atoms with Gasteiger partial charge in [-0.25, -0.2) is 0 Å². The van der Waals surface area contributed by atoms with E-state index >= 15 is 0 Å². The number of thioether (sulfide) groups is 1. The van der Waals surface area contributed by atoms with Gasteiger partial charge in [-0.3, -0.25) is 0 Å². The van der Waals surface area contributed by atoms with E-state index in [2.05, 4.69) is 11.6 Å². The second-order valence-electron chi connectivity index (χ2n) is 6.02. The minimum Gasteiger partial charge on any atom is -0.313 e. The van der Waals surface area contributed by atoms with Crippen molar-refractivity contribution in [1.82, 2.24) is 5.32 Å². The van der Waals surface area contributed by atoms with Crippen LogP contribution in [0.25, 0.3) is 0 Å². The summed E-state index contributed by atoms with van der Waals surface area (Å²) in [6, 6.07) is 0.878. The van der Waals surface area contributed by atoms with Crippen LogP contribution in [0.3, 0.4) is 0 Å². The summed E-state index contributed by atoms with van der Waals surface area (Å²) in [7, 11) is 0. The third-order valence-electron chi connectivity index (χ3n) is 4.94. The minimum absolute atomic E-state index is 0.748. The fourth-order valence-electron chi connectivity index (χ4n) is 3.69. The van der Waals surface area contributed by atoms with Crippen molar-refractivity contribution in [3.8, 4) is 0 Å². The Morgan fingerprint density at radius 2 is 1.88 bits per heavy atom. The van der Waals surface area contributed by atoms with Crippen molar-refractivity contribution in [2.24, 2.45) is 5.41 Å². The molecule has 0 radical (unpaired) electrons. The average Bonchev–Trinajstić information content (AvgIpc) is 2.37. The van der Waals surface area contributed by atoms with Crippen LogP contribution in [-0.4, -0.2) is 24.6 Å². The normalized spacial score (nSPS) is 27.0. The highest BCUT2D eigenvalue weighted by molar-refractivity contribution is 7.98. The van der Waals surface area contributed by atoms with Crippen LogP contribution >= 0.6 is 11.8 Å². The molecule has 0 bridgehead atoms. The third-order valence-corrected chi connectivity index (χ3v) is 5.63. The van der Waals surface area contributed by atoms with Crippen molar-refractivity contribution in [3.63, 3.8) is 0 Å². The molecule has 1 unspecified atom stereocenters. The molecule has 100 valence electrons. The maximum Gasteiger partial charge on any atom is 0.0124 e. The first-order valence-electron chi connectivity index (χ1n) is 7.60. The lowest BCUT2D eigenvalue weighted by molar-refractivity contribution is 0.0232. The molecule has 0 aromatic rings. The Morgan fingerprint density at radius 3 is 2.53 bits per heavy atom. The predicted molar refractivity (Wildman–Crippen MR) is 78.8 cm³/mol. The highest BCUT2D eigenvalue weighted by Crippen LogP contribution is 2.51. The van der Waals surface area contributed by atoms with Gasteiger partial charge in [-0.05, 0) is 62.5 Å². The van der Waals surface area contributed by atoms with E-state index in [4.69, 9.17) is 0 Å². The summed E-state index contributed by atoms with van der Waals surface area (Å²) in [5.41, 5.74) is 0.748. The molecule has 2 fully saturated rings. The molecule has 0 saturated heterocycles. The Labute approximate surface area is 112 Å². The summed E-state index contributed by atoms with van der Waals surface area (Å²) in [6.07, 6.45) is 16.9. The molecule has 2 aliphatic rings. The summed E-state index contributed by atoms with van der Waals surface area (Å²) in [5, 5.41) is 3.85. The fraction of sp³-hybridized carbons (Fsp3) is 1.00. The van der Waals surface area contributed by atoms with Gasteiger partial charge in [0, 0.05) is 6.04 Å². The van der Waals surface area contributed by atoms with Crippen molar-refractivity contribution in [1.29, 1.82) is 0 Å². The van der Waals surface area contributed by atoms with Crippen LogP contribution in [0.5, 0.6) is 0 Å². The quantitative estimate of drug-likeness (QED) is 0.684. The van der Waals surface area contributed by atoms with Crippen LogP contribution in [-0.2, 0) is 0 Å². The topological polar surface area (TPSA) is 12.0 Å². The molecule has 2 aliphatic carbocycles. The standard InChI is InChI=1S/C15H29NS/c1-17-13-7-3-6-12-16-14-8-11-15(14)9-4-2-5-10-15/h14,16H,2-13H2,1H3. The van der Waals surface area contributed by atoms with E-state index in [1.165, 1.54) is 76.5 Å². The largest absolute Gasteiger partial charge is 0.313 e. The van der Waals surface area contributed by atoms with Crippen LogP contribution < -0.4 is 5.32 Å². The second-order valence-corrected chi connectivity index (χ2v) is 7.01. The van der Waals surface area contributed by atoms with Gasteiger partial charge in [-0.2, -0.15) is 11.8 Å². The molecule has 0 heterocycles. The smallest absolute Gasteiger partial charge is 0.0124 e. The summed E-state index contributed by atoms with van der Waals surface area (Å²) in [5.74, 6) is 1.34. The number of unbranched alkanes of at least 4 members (excludes halogenated alkanes) is 2. The second kappa shape index (κ2) is 7.04. The zero-order valence-corrected chi connectivity index (χ0v) is 12.3. The Bertz CT molecular complexity index is 211. The Morgan fingerprint density at radius 1 is 1.06 bits per heavy atom. The molecule has 1 spiro atoms. The maximum absolute atomic E-state index is 3.85. The van der Waals surface area contributed by atoms with E-state index in [1.807, 2.05) is 11.8 Å². The van der Waals surface area contributed by atoms with Gasteiger partial charge in [-0.1, -0.05) is 25.7 Å². The summed E-state index contributed by atoms with van der Waals surface area (Å²) in [6.45, 7) is 1.26. The van der Waals surface area contributed by atoms with Crippen LogP contribution in [0.15, 0.2) is 0 Å². The highest BCUT2D eigenvalue weighted by Gasteiger charge is 2.46. The SMILES string of the molecule is CSCCCCCNC1CCC12CCCCC2. The first-order chi connectivity index (χ1) is 8.37. The Kier molecular flexibility index (Phi) is 5.68. The van der Waals surface area contributed by atoms with E-state index < -0.39 is 0 Å². The molecule has 2 heteroatoms. The molecule has 0 aromatic heterocycles. The van der Waals surface area contributed by atoms with E-state index in [0.29, 0.717) is 0 Å². The monoisotopic (exact) mass is 255 g/mol. The maximum atomic E-state index is 3.85. The van der Waals surface area contributed by atoms with Gasteiger partial charge >= 0.3 is 0 Å². The lowest BCUT2D eigenvalue weighted by atomic mass is 9.57. The predicted octanol–water partition coefficient (Wildman–Crippen LogP) is 4.22. The average molecular weight is 255 g/mol. The van der Waals surface area contributed by atoms with E-state index in [0.717, 1.165) is 11.5 Å². The van der Waals surface area contributed by atoms with Gasteiger partial charge in [0.1, 0.15) is 0 Å². The summed E-state index contributed by atoms with van der Waals surface area (Å²) in [4.78, 5) is 0. The fourth-order valence-corrected chi connectivity index (χ4v) is 4.19. The van der Waals surface area contributed by atoms with Gasteiger partial charge in [0.05, 0.1) is 0 Å². The van der Waals surface area contributed by atoms with Crippen molar-refractivity contribution >= 4 is 11.8 Å². The van der Waals surface area contributed by atoms with E-state index in [1.54, 1.807) is 0 Å². The molecule has 0 aromatic carbocycles. The minimum atomic E-state index is 0.748. The molecule has 1 N–H and O–H groups in total. The Hall–Kier alpha value is 0.310. The number of rotatable bonds is 7. The molecular formula is C15H29NS. The van der Waals surface area contributed by atoms with E-state index in [9.17, 15) is 0 Å². The van der Waals surface area contributed by atoms with Gasteiger partial charge in [0.15, 0.2) is 0 Å². The van der Waals surface area contributed by atoms with Crippen LogP contribution in [0.4, 0.5) is 0 Å². The molecular weight excluding hydrogens is 226 g/mol. The number of hydrogen-bond acceptors (Lipinski definition) is 2. The molecule has 1 nitrogen and oxygen atoms in total. The van der Waals surface area contributed by atoms with Crippen LogP contribution in [0, 0.1) is 5.41 Å². The molecule has 0 amide bonds.